The Morgan fingerprint density at radius 3 is 2.65 bits per heavy atom. The molecule has 1 aromatic carbocycles. The van der Waals surface area contributed by atoms with Gasteiger partial charge < -0.3 is 15.0 Å². The quantitative estimate of drug-likeness (QED) is 0.754. The highest BCUT2D eigenvalue weighted by Crippen LogP contribution is 2.26. The predicted octanol–water partition coefficient (Wildman–Crippen LogP) is 3.56. The van der Waals surface area contributed by atoms with Gasteiger partial charge in [-0.15, -0.1) is 0 Å². The lowest BCUT2D eigenvalue weighted by atomic mass is 10.1. The Balaban J connectivity index is 2.66. The molecule has 0 aliphatic heterocycles. The minimum atomic E-state index is 0.661. The normalized spacial score (nSPS) is 11.1. The molecule has 0 heterocycles. The molecule has 0 fully saturated rings. The van der Waals surface area contributed by atoms with Crippen LogP contribution in [0.5, 0.6) is 0 Å². The Bertz CT molecular complexity index is 396. The molecule has 1 rings (SSSR count). The van der Waals surface area contributed by atoms with E-state index in [1.165, 1.54) is 5.56 Å². The summed E-state index contributed by atoms with van der Waals surface area (Å²) < 4.78 is 5.14. The Morgan fingerprint density at radius 1 is 1.35 bits per heavy atom. The number of rotatable bonds is 9. The maximum atomic E-state index is 6.41. The molecule has 0 aliphatic carbocycles. The van der Waals surface area contributed by atoms with Crippen LogP contribution in [0.15, 0.2) is 18.2 Å². The van der Waals surface area contributed by atoms with Crippen LogP contribution in [0.2, 0.25) is 5.02 Å². The molecule has 20 heavy (non-hydrogen) atoms. The molecule has 0 atom stereocenters. The number of benzene rings is 1. The summed E-state index contributed by atoms with van der Waals surface area (Å²) in [6, 6.07) is 6.30. The summed E-state index contributed by atoms with van der Waals surface area (Å²) in [6.45, 7) is 10.9. The molecule has 0 saturated carbocycles. The number of methoxy groups -OCH3 is 1. The standard InChI is InChI=1S/C16H27ClN2O/c1-5-19(8-9-20-4)16-7-6-14(10-15(16)17)12-18-11-13(2)3/h6-7,10,13,18H,5,8-9,11-12H2,1-4H3. The summed E-state index contributed by atoms with van der Waals surface area (Å²) in [6.07, 6.45) is 0. The zero-order valence-corrected chi connectivity index (χ0v) is 13.8. The first-order valence-electron chi connectivity index (χ1n) is 7.31. The van der Waals surface area contributed by atoms with Gasteiger partial charge in [0.05, 0.1) is 17.3 Å². The van der Waals surface area contributed by atoms with Gasteiger partial charge in [-0.3, -0.25) is 0 Å². The van der Waals surface area contributed by atoms with Crippen LogP contribution in [0.4, 0.5) is 5.69 Å². The second kappa shape index (κ2) is 9.22. The van der Waals surface area contributed by atoms with Crippen LogP contribution in [-0.4, -0.2) is 33.4 Å². The van der Waals surface area contributed by atoms with Crippen molar-refractivity contribution in [2.75, 3.05) is 38.3 Å². The van der Waals surface area contributed by atoms with Gasteiger partial charge in [0.25, 0.3) is 0 Å². The molecule has 0 bridgehead atoms. The third kappa shape index (κ3) is 5.70. The van der Waals surface area contributed by atoms with E-state index < -0.39 is 0 Å². The van der Waals surface area contributed by atoms with Crippen molar-refractivity contribution in [1.29, 1.82) is 0 Å². The number of likely N-dealkylation sites (N-methyl/N-ethyl adjacent to an activating group) is 1. The third-order valence-corrected chi connectivity index (χ3v) is 3.48. The monoisotopic (exact) mass is 298 g/mol. The molecule has 3 nitrogen and oxygen atoms in total. The lowest BCUT2D eigenvalue weighted by Crippen LogP contribution is -2.27. The highest BCUT2D eigenvalue weighted by molar-refractivity contribution is 6.33. The van der Waals surface area contributed by atoms with Gasteiger partial charge >= 0.3 is 0 Å². The number of hydrogen-bond donors (Lipinski definition) is 1. The highest BCUT2D eigenvalue weighted by atomic mass is 35.5. The van der Waals surface area contributed by atoms with Gasteiger partial charge in [0.1, 0.15) is 0 Å². The second-order valence-corrected chi connectivity index (χ2v) is 5.79. The van der Waals surface area contributed by atoms with E-state index in [0.717, 1.165) is 36.9 Å². The van der Waals surface area contributed by atoms with Crippen LogP contribution in [0, 0.1) is 5.92 Å². The van der Waals surface area contributed by atoms with Gasteiger partial charge in [-0.05, 0) is 37.1 Å². The summed E-state index contributed by atoms with van der Waals surface area (Å²) >= 11 is 6.41. The summed E-state index contributed by atoms with van der Waals surface area (Å²) in [7, 11) is 1.72. The van der Waals surface area contributed by atoms with E-state index in [4.69, 9.17) is 16.3 Å². The van der Waals surface area contributed by atoms with Crippen LogP contribution >= 0.6 is 11.6 Å². The van der Waals surface area contributed by atoms with Crippen LogP contribution in [-0.2, 0) is 11.3 Å². The van der Waals surface area contributed by atoms with Crippen molar-refractivity contribution < 1.29 is 4.74 Å². The fourth-order valence-corrected chi connectivity index (χ4v) is 2.40. The third-order valence-electron chi connectivity index (χ3n) is 3.18. The Hall–Kier alpha value is -0.770. The number of hydrogen-bond acceptors (Lipinski definition) is 3. The fourth-order valence-electron chi connectivity index (χ4n) is 2.07. The van der Waals surface area contributed by atoms with Crippen LogP contribution in [0.25, 0.3) is 0 Å². The molecule has 0 aromatic heterocycles. The molecule has 0 saturated heterocycles. The first-order valence-corrected chi connectivity index (χ1v) is 7.69. The van der Waals surface area contributed by atoms with Crippen molar-refractivity contribution in [3.05, 3.63) is 28.8 Å². The van der Waals surface area contributed by atoms with Crippen molar-refractivity contribution in [2.45, 2.75) is 27.3 Å². The van der Waals surface area contributed by atoms with Gasteiger partial charge in [0.15, 0.2) is 0 Å². The Labute approximate surface area is 128 Å². The molecule has 0 spiro atoms. The number of anilines is 1. The SMILES string of the molecule is CCN(CCOC)c1ccc(CNCC(C)C)cc1Cl. The largest absolute Gasteiger partial charge is 0.383 e. The summed E-state index contributed by atoms with van der Waals surface area (Å²) in [5.74, 6) is 0.661. The van der Waals surface area contributed by atoms with Crippen molar-refractivity contribution in [3.63, 3.8) is 0 Å². The van der Waals surface area contributed by atoms with Crippen molar-refractivity contribution in [2.24, 2.45) is 5.92 Å². The van der Waals surface area contributed by atoms with Crippen LogP contribution in [0.1, 0.15) is 26.3 Å². The van der Waals surface area contributed by atoms with Crippen molar-refractivity contribution in [1.82, 2.24) is 5.32 Å². The van der Waals surface area contributed by atoms with Crippen LogP contribution < -0.4 is 10.2 Å². The first-order chi connectivity index (χ1) is 9.58. The molecular formula is C16H27ClN2O. The zero-order valence-electron chi connectivity index (χ0n) is 13.1. The highest BCUT2D eigenvalue weighted by Gasteiger charge is 2.09. The minimum Gasteiger partial charge on any atom is -0.383 e. The van der Waals surface area contributed by atoms with E-state index in [9.17, 15) is 0 Å². The summed E-state index contributed by atoms with van der Waals surface area (Å²) in [5.41, 5.74) is 2.31. The van der Waals surface area contributed by atoms with E-state index in [1.54, 1.807) is 7.11 Å². The van der Waals surface area contributed by atoms with E-state index in [-0.39, 0.29) is 0 Å². The van der Waals surface area contributed by atoms with E-state index >= 15 is 0 Å². The van der Waals surface area contributed by atoms with Crippen molar-refractivity contribution >= 4 is 17.3 Å². The molecule has 1 N–H and O–H groups in total. The van der Waals surface area contributed by atoms with Crippen molar-refractivity contribution in [3.8, 4) is 0 Å². The maximum Gasteiger partial charge on any atom is 0.0642 e. The van der Waals surface area contributed by atoms with Crippen LogP contribution in [0.3, 0.4) is 0 Å². The maximum absolute atomic E-state index is 6.41. The molecule has 0 unspecified atom stereocenters. The Kier molecular flexibility index (Phi) is 7.97. The lowest BCUT2D eigenvalue weighted by molar-refractivity contribution is 0.205. The molecule has 1 aromatic rings. The van der Waals surface area contributed by atoms with E-state index in [0.29, 0.717) is 12.5 Å². The number of ether oxygens (including phenoxy) is 1. The molecule has 0 amide bonds. The topological polar surface area (TPSA) is 24.5 Å². The average Bonchev–Trinajstić information content (AvgIpc) is 2.41. The predicted molar refractivity (Wildman–Crippen MR) is 87.8 cm³/mol. The molecule has 0 radical (unpaired) electrons. The number of halogens is 1. The molecular weight excluding hydrogens is 272 g/mol. The smallest absolute Gasteiger partial charge is 0.0642 e. The van der Waals surface area contributed by atoms with Gasteiger partial charge in [-0.25, -0.2) is 0 Å². The average molecular weight is 299 g/mol. The zero-order chi connectivity index (χ0) is 15.0. The van der Waals surface area contributed by atoms with Gasteiger partial charge in [-0.2, -0.15) is 0 Å². The second-order valence-electron chi connectivity index (χ2n) is 5.38. The lowest BCUT2D eigenvalue weighted by Gasteiger charge is -2.24. The summed E-state index contributed by atoms with van der Waals surface area (Å²) in [5, 5.41) is 4.24. The molecule has 4 heteroatoms. The van der Waals surface area contributed by atoms with E-state index in [2.05, 4.69) is 49.2 Å². The number of nitrogens with zero attached hydrogens (tertiary/aromatic N) is 1. The summed E-state index contributed by atoms with van der Waals surface area (Å²) in [4.78, 5) is 2.23. The fraction of sp³-hybridized carbons (Fsp3) is 0.625. The van der Waals surface area contributed by atoms with Gasteiger partial charge in [0.2, 0.25) is 0 Å². The minimum absolute atomic E-state index is 0.661. The van der Waals surface area contributed by atoms with Gasteiger partial charge in [0, 0.05) is 26.7 Å². The number of nitrogens with one attached hydrogen (secondary N) is 1. The molecule has 0 aliphatic rings. The Morgan fingerprint density at radius 2 is 2.10 bits per heavy atom. The van der Waals surface area contributed by atoms with Gasteiger partial charge in [-0.1, -0.05) is 31.5 Å². The molecule has 114 valence electrons. The van der Waals surface area contributed by atoms with E-state index in [1.807, 2.05) is 0 Å². The first kappa shape index (κ1) is 17.3.